The van der Waals surface area contributed by atoms with Gasteiger partial charge in [-0.3, -0.25) is 0 Å². The van der Waals surface area contributed by atoms with Crippen LogP contribution in [0.1, 0.15) is 26.7 Å². The molecule has 0 aliphatic carbocycles. The Morgan fingerprint density at radius 3 is 3.06 bits per heavy atom. The van der Waals surface area contributed by atoms with Crippen molar-refractivity contribution in [3.05, 3.63) is 12.1 Å². The highest BCUT2D eigenvalue weighted by molar-refractivity contribution is 7.99. The van der Waals surface area contributed by atoms with Crippen molar-refractivity contribution in [1.29, 1.82) is 0 Å². The molecule has 1 unspecified atom stereocenters. The van der Waals surface area contributed by atoms with E-state index in [4.69, 9.17) is 15.2 Å². The van der Waals surface area contributed by atoms with Crippen LogP contribution in [0, 0.1) is 0 Å². The van der Waals surface area contributed by atoms with Gasteiger partial charge in [0.1, 0.15) is 5.03 Å². The first kappa shape index (κ1) is 13.5. The van der Waals surface area contributed by atoms with Crippen LogP contribution in [0.3, 0.4) is 0 Å². The molecule has 0 amide bonds. The topological polar surface area (TPSA) is 57.4 Å². The molecule has 100 valence electrons. The second-order valence-corrected chi connectivity index (χ2v) is 5.70. The van der Waals surface area contributed by atoms with E-state index in [2.05, 4.69) is 4.98 Å². The van der Waals surface area contributed by atoms with E-state index in [1.807, 2.05) is 26.0 Å². The van der Waals surface area contributed by atoms with Gasteiger partial charge in [-0.25, -0.2) is 4.98 Å². The lowest BCUT2D eigenvalue weighted by atomic mass is 10.3. The Balaban J connectivity index is 1.95. The number of nitrogen functional groups attached to an aromatic ring is 1. The molecule has 2 rings (SSSR count). The summed E-state index contributed by atoms with van der Waals surface area (Å²) in [7, 11) is 0. The Morgan fingerprint density at radius 1 is 1.56 bits per heavy atom. The number of nitrogens with zero attached hydrogens (tertiary/aromatic N) is 1. The van der Waals surface area contributed by atoms with E-state index in [0.717, 1.165) is 23.8 Å². The molecule has 1 fully saturated rings. The van der Waals surface area contributed by atoms with Gasteiger partial charge >= 0.3 is 0 Å². The van der Waals surface area contributed by atoms with E-state index in [1.54, 1.807) is 11.8 Å². The van der Waals surface area contributed by atoms with Crippen LogP contribution < -0.4 is 10.5 Å². The van der Waals surface area contributed by atoms with Crippen molar-refractivity contribution in [2.45, 2.75) is 43.9 Å². The molecule has 2 heterocycles. The predicted octanol–water partition coefficient (Wildman–Crippen LogP) is 2.72. The summed E-state index contributed by atoms with van der Waals surface area (Å²) in [6, 6.07) is 3.78. The molecular weight excluding hydrogens is 248 g/mol. The molecule has 5 heteroatoms. The molecule has 1 atom stereocenters. The number of anilines is 1. The summed E-state index contributed by atoms with van der Waals surface area (Å²) in [5.74, 6) is 1.47. The molecule has 2 N–H and O–H groups in total. The summed E-state index contributed by atoms with van der Waals surface area (Å²) >= 11 is 1.70. The Bertz CT molecular complexity index is 393. The third-order valence-electron chi connectivity index (χ3n) is 2.65. The van der Waals surface area contributed by atoms with Gasteiger partial charge in [0, 0.05) is 12.4 Å². The smallest absolute Gasteiger partial charge is 0.238 e. The molecule has 1 aromatic rings. The third kappa shape index (κ3) is 3.78. The molecular formula is C13H20N2O2S. The number of nitrogens with two attached hydrogens (primary N) is 1. The van der Waals surface area contributed by atoms with Crippen LogP contribution in [0.15, 0.2) is 17.2 Å². The lowest BCUT2D eigenvalue weighted by molar-refractivity contribution is 0.129. The third-order valence-corrected chi connectivity index (χ3v) is 3.71. The number of thioether (sulfide) groups is 1. The highest BCUT2D eigenvalue weighted by Crippen LogP contribution is 2.27. The molecule has 0 radical (unpaired) electrons. The van der Waals surface area contributed by atoms with Crippen LogP contribution >= 0.6 is 11.8 Å². The summed E-state index contributed by atoms with van der Waals surface area (Å²) in [4.78, 5) is 4.43. The van der Waals surface area contributed by atoms with Crippen LogP contribution in [0.2, 0.25) is 0 Å². The van der Waals surface area contributed by atoms with E-state index in [9.17, 15) is 0 Å². The number of hydrogen-bond acceptors (Lipinski definition) is 5. The van der Waals surface area contributed by atoms with E-state index in [1.165, 1.54) is 6.42 Å². The van der Waals surface area contributed by atoms with E-state index >= 15 is 0 Å². The molecule has 0 saturated carbocycles. The van der Waals surface area contributed by atoms with Crippen molar-refractivity contribution in [2.24, 2.45) is 0 Å². The first-order valence-electron chi connectivity index (χ1n) is 6.32. The average Bonchev–Trinajstić information content (AvgIpc) is 2.82. The normalized spacial score (nSPS) is 19.4. The van der Waals surface area contributed by atoms with Gasteiger partial charge in [0.25, 0.3) is 0 Å². The second-order valence-electron chi connectivity index (χ2n) is 4.66. The standard InChI is InChI=1S/C13H20N2O2S/c1-9(2)17-13-11(14)5-6-12(15-13)18-8-10-4-3-7-16-10/h5-6,9-10H,3-4,7-8,14H2,1-2H3. The van der Waals surface area contributed by atoms with Crippen LogP contribution in [0.25, 0.3) is 0 Å². The average molecular weight is 268 g/mol. The van der Waals surface area contributed by atoms with Crippen molar-refractivity contribution in [2.75, 3.05) is 18.1 Å². The fourth-order valence-electron chi connectivity index (χ4n) is 1.79. The quantitative estimate of drug-likeness (QED) is 0.832. The van der Waals surface area contributed by atoms with Crippen LogP contribution in [0.4, 0.5) is 5.69 Å². The maximum atomic E-state index is 5.83. The maximum absolute atomic E-state index is 5.83. The van der Waals surface area contributed by atoms with Gasteiger partial charge in [0.2, 0.25) is 5.88 Å². The number of pyridine rings is 1. The Labute approximate surface area is 112 Å². The number of rotatable bonds is 5. The van der Waals surface area contributed by atoms with Crippen LogP contribution in [0.5, 0.6) is 5.88 Å². The van der Waals surface area contributed by atoms with Gasteiger partial charge in [0.15, 0.2) is 0 Å². The van der Waals surface area contributed by atoms with Gasteiger partial charge in [-0.2, -0.15) is 0 Å². The Hall–Kier alpha value is -0.940. The molecule has 1 saturated heterocycles. The Morgan fingerprint density at radius 2 is 2.39 bits per heavy atom. The first-order chi connectivity index (χ1) is 8.65. The summed E-state index contributed by atoms with van der Waals surface area (Å²) in [6.07, 6.45) is 2.77. The SMILES string of the molecule is CC(C)Oc1nc(SCC2CCCO2)ccc1N. The van der Waals surface area contributed by atoms with E-state index in [-0.39, 0.29) is 6.10 Å². The fraction of sp³-hybridized carbons (Fsp3) is 0.615. The van der Waals surface area contributed by atoms with Crippen molar-refractivity contribution in [3.8, 4) is 5.88 Å². The summed E-state index contributed by atoms with van der Waals surface area (Å²) in [5, 5.41) is 0.940. The van der Waals surface area contributed by atoms with Gasteiger partial charge in [-0.1, -0.05) is 0 Å². The zero-order valence-corrected chi connectivity index (χ0v) is 11.7. The molecule has 4 nitrogen and oxygen atoms in total. The van der Waals surface area contributed by atoms with Gasteiger partial charge in [-0.05, 0) is 38.8 Å². The fourth-order valence-corrected chi connectivity index (χ4v) is 2.72. The van der Waals surface area contributed by atoms with E-state index in [0.29, 0.717) is 17.7 Å². The molecule has 18 heavy (non-hydrogen) atoms. The number of aromatic nitrogens is 1. The van der Waals surface area contributed by atoms with Gasteiger partial charge < -0.3 is 15.2 Å². The zero-order chi connectivity index (χ0) is 13.0. The van der Waals surface area contributed by atoms with E-state index < -0.39 is 0 Å². The van der Waals surface area contributed by atoms with Crippen molar-refractivity contribution < 1.29 is 9.47 Å². The lowest BCUT2D eigenvalue weighted by Crippen LogP contribution is -2.10. The molecule has 0 bridgehead atoms. The van der Waals surface area contributed by atoms with Crippen molar-refractivity contribution in [3.63, 3.8) is 0 Å². The molecule has 1 aromatic heterocycles. The summed E-state index contributed by atoms with van der Waals surface area (Å²) < 4.78 is 11.2. The van der Waals surface area contributed by atoms with Gasteiger partial charge in [0.05, 0.1) is 17.9 Å². The molecule has 0 spiro atoms. The predicted molar refractivity (Wildman–Crippen MR) is 74.1 cm³/mol. The van der Waals surface area contributed by atoms with Crippen LogP contribution in [-0.2, 0) is 4.74 Å². The highest BCUT2D eigenvalue weighted by Gasteiger charge is 2.16. The highest BCUT2D eigenvalue weighted by atomic mass is 32.2. The first-order valence-corrected chi connectivity index (χ1v) is 7.31. The minimum Gasteiger partial charge on any atom is -0.473 e. The van der Waals surface area contributed by atoms with Crippen molar-refractivity contribution in [1.82, 2.24) is 4.98 Å². The molecule has 1 aliphatic heterocycles. The second kappa shape index (κ2) is 6.29. The lowest BCUT2D eigenvalue weighted by Gasteiger charge is -2.13. The molecule has 0 aromatic carbocycles. The monoisotopic (exact) mass is 268 g/mol. The summed E-state index contributed by atoms with van der Waals surface area (Å²) in [6.45, 7) is 4.82. The molecule has 1 aliphatic rings. The zero-order valence-electron chi connectivity index (χ0n) is 10.9. The van der Waals surface area contributed by atoms with Crippen molar-refractivity contribution >= 4 is 17.4 Å². The largest absolute Gasteiger partial charge is 0.473 e. The van der Waals surface area contributed by atoms with Crippen LogP contribution in [-0.4, -0.2) is 29.6 Å². The number of ether oxygens (including phenoxy) is 2. The number of hydrogen-bond donors (Lipinski definition) is 1. The minimum absolute atomic E-state index is 0.0817. The summed E-state index contributed by atoms with van der Waals surface area (Å²) in [5.41, 5.74) is 6.42. The maximum Gasteiger partial charge on any atom is 0.238 e. The van der Waals surface area contributed by atoms with Gasteiger partial charge in [-0.15, -0.1) is 11.8 Å². The Kier molecular flexibility index (Phi) is 4.72. The minimum atomic E-state index is 0.0817.